The molecule has 0 aliphatic heterocycles. The van der Waals surface area contributed by atoms with Crippen molar-refractivity contribution in [2.24, 2.45) is 0 Å². The van der Waals surface area contributed by atoms with E-state index >= 15 is 0 Å². The van der Waals surface area contributed by atoms with E-state index in [-0.39, 0.29) is 11.7 Å². The van der Waals surface area contributed by atoms with E-state index in [1.54, 1.807) is 7.11 Å². The number of hydrogen-bond acceptors (Lipinski definition) is 3. The van der Waals surface area contributed by atoms with Crippen LogP contribution < -0.4 is 10.1 Å². The van der Waals surface area contributed by atoms with Crippen LogP contribution in [0.1, 0.15) is 23.5 Å². The van der Waals surface area contributed by atoms with E-state index in [2.05, 4.69) is 17.4 Å². The Bertz CT molecular complexity index is 434. The summed E-state index contributed by atoms with van der Waals surface area (Å²) in [6.45, 7) is 1.18. The number of benzene rings is 1. The summed E-state index contributed by atoms with van der Waals surface area (Å²) >= 11 is 5.46. The van der Waals surface area contributed by atoms with Gasteiger partial charge in [0.05, 0.1) is 19.5 Å². The molecule has 0 fully saturated rings. The average molecular weight is 268 g/mol. The third kappa shape index (κ3) is 3.03. The SMILES string of the molecule is COc1ccc2c(c1)C(CNCC(=O)CCl)CC2. The molecule has 1 aromatic carbocycles. The molecule has 2 rings (SSSR count). The van der Waals surface area contributed by atoms with E-state index in [9.17, 15) is 4.79 Å². The third-order valence-corrected chi connectivity index (χ3v) is 3.72. The van der Waals surface area contributed by atoms with E-state index in [0.717, 1.165) is 25.1 Å². The van der Waals surface area contributed by atoms with Gasteiger partial charge in [-0.2, -0.15) is 0 Å². The Labute approximate surface area is 112 Å². The van der Waals surface area contributed by atoms with Gasteiger partial charge in [0, 0.05) is 6.54 Å². The van der Waals surface area contributed by atoms with Crippen LogP contribution in [0.15, 0.2) is 18.2 Å². The lowest BCUT2D eigenvalue weighted by Gasteiger charge is -2.13. The van der Waals surface area contributed by atoms with Gasteiger partial charge >= 0.3 is 0 Å². The second-order valence-corrected chi connectivity index (χ2v) is 4.87. The van der Waals surface area contributed by atoms with Crippen molar-refractivity contribution in [3.8, 4) is 5.75 Å². The number of carbonyl (C=O) groups is 1. The molecule has 1 aliphatic carbocycles. The monoisotopic (exact) mass is 267 g/mol. The van der Waals surface area contributed by atoms with Crippen molar-refractivity contribution in [3.63, 3.8) is 0 Å². The quantitative estimate of drug-likeness (QED) is 0.803. The number of ketones is 1. The average Bonchev–Trinajstić information content (AvgIpc) is 2.81. The molecular weight excluding hydrogens is 250 g/mol. The Morgan fingerprint density at radius 2 is 2.39 bits per heavy atom. The number of aryl methyl sites for hydroxylation is 1. The van der Waals surface area contributed by atoms with Crippen LogP contribution in [0.2, 0.25) is 0 Å². The highest BCUT2D eigenvalue weighted by Crippen LogP contribution is 2.34. The maximum atomic E-state index is 11.1. The van der Waals surface area contributed by atoms with Crippen LogP contribution in [0, 0.1) is 0 Å². The Balaban J connectivity index is 1.95. The summed E-state index contributed by atoms with van der Waals surface area (Å²) in [6, 6.07) is 6.25. The van der Waals surface area contributed by atoms with Gasteiger partial charge in [0.25, 0.3) is 0 Å². The van der Waals surface area contributed by atoms with Crippen LogP contribution in [-0.2, 0) is 11.2 Å². The number of methoxy groups -OCH3 is 1. The van der Waals surface area contributed by atoms with Crippen LogP contribution in [0.3, 0.4) is 0 Å². The summed E-state index contributed by atoms with van der Waals surface area (Å²) in [5.41, 5.74) is 2.74. The Hall–Kier alpha value is -1.06. The molecule has 0 saturated heterocycles. The highest BCUT2D eigenvalue weighted by Gasteiger charge is 2.22. The maximum absolute atomic E-state index is 11.1. The van der Waals surface area contributed by atoms with E-state index in [0.29, 0.717) is 12.5 Å². The van der Waals surface area contributed by atoms with Crippen LogP contribution in [0.5, 0.6) is 5.75 Å². The highest BCUT2D eigenvalue weighted by molar-refractivity contribution is 6.27. The number of carbonyl (C=O) groups excluding carboxylic acids is 1. The predicted molar refractivity (Wildman–Crippen MR) is 72.7 cm³/mol. The van der Waals surface area contributed by atoms with Crippen LogP contribution in [-0.4, -0.2) is 31.9 Å². The number of fused-ring (bicyclic) bond motifs is 1. The molecule has 3 nitrogen and oxygen atoms in total. The number of hydrogen-bond donors (Lipinski definition) is 1. The van der Waals surface area contributed by atoms with Crippen molar-refractivity contribution in [1.29, 1.82) is 0 Å². The third-order valence-electron chi connectivity index (χ3n) is 3.42. The molecule has 0 saturated carbocycles. The van der Waals surface area contributed by atoms with Crippen LogP contribution >= 0.6 is 11.6 Å². The van der Waals surface area contributed by atoms with Gasteiger partial charge in [-0.15, -0.1) is 11.6 Å². The second-order valence-electron chi connectivity index (χ2n) is 4.60. The zero-order valence-corrected chi connectivity index (χ0v) is 11.3. The van der Waals surface area contributed by atoms with Crippen LogP contribution in [0.25, 0.3) is 0 Å². The highest BCUT2D eigenvalue weighted by atomic mass is 35.5. The number of halogens is 1. The molecule has 0 bridgehead atoms. The van der Waals surface area contributed by atoms with Crippen LogP contribution in [0.4, 0.5) is 0 Å². The lowest BCUT2D eigenvalue weighted by molar-refractivity contribution is -0.115. The fraction of sp³-hybridized carbons (Fsp3) is 0.500. The molecule has 1 unspecified atom stereocenters. The molecule has 0 amide bonds. The lowest BCUT2D eigenvalue weighted by Crippen LogP contribution is -2.27. The van der Waals surface area contributed by atoms with E-state index in [1.165, 1.54) is 11.1 Å². The maximum Gasteiger partial charge on any atom is 0.161 e. The topological polar surface area (TPSA) is 38.3 Å². The van der Waals surface area contributed by atoms with Crippen molar-refractivity contribution in [2.45, 2.75) is 18.8 Å². The number of nitrogens with one attached hydrogen (secondary N) is 1. The minimum absolute atomic E-state index is 0.0422. The minimum Gasteiger partial charge on any atom is -0.497 e. The molecule has 0 heterocycles. The molecule has 18 heavy (non-hydrogen) atoms. The molecule has 1 N–H and O–H groups in total. The smallest absolute Gasteiger partial charge is 0.161 e. The fourth-order valence-electron chi connectivity index (χ4n) is 2.44. The molecule has 0 radical (unpaired) electrons. The molecule has 98 valence electrons. The van der Waals surface area contributed by atoms with Crippen molar-refractivity contribution >= 4 is 17.4 Å². The molecule has 1 atom stereocenters. The Kier molecular flexibility index (Phi) is 4.61. The molecular formula is C14H18ClNO2. The molecule has 0 aromatic heterocycles. The first-order valence-corrected chi connectivity index (χ1v) is 6.73. The van der Waals surface area contributed by atoms with Crippen molar-refractivity contribution < 1.29 is 9.53 Å². The van der Waals surface area contributed by atoms with Crippen molar-refractivity contribution in [1.82, 2.24) is 5.32 Å². The van der Waals surface area contributed by atoms with Gasteiger partial charge in [-0.05, 0) is 42.0 Å². The largest absolute Gasteiger partial charge is 0.497 e. The van der Waals surface area contributed by atoms with Gasteiger partial charge in [-0.1, -0.05) is 6.07 Å². The normalized spacial score (nSPS) is 17.6. The first-order valence-electron chi connectivity index (χ1n) is 6.19. The zero-order valence-electron chi connectivity index (χ0n) is 10.5. The number of alkyl halides is 1. The number of ether oxygens (including phenoxy) is 1. The number of rotatable bonds is 6. The van der Waals surface area contributed by atoms with Gasteiger partial charge in [-0.25, -0.2) is 0 Å². The van der Waals surface area contributed by atoms with Crippen molar-refractivity contribution in [2.75, 3.05) is 26.1 Å². The first kappa shape index (κ1) is 13.4. The summed E-state index contributed by atoms with van der Waals surface area (Å²) in [4.78, 5) is 11.1. The van der Waals surface area contributed by atoms with Gasteiger partial charge in [0.15, 0.2) is 5.78 Å². The Morgan fingerprint density at radius 3 is 3.11 bits per heavy atom. The van der Waals surface area contributed by atoms with Gasteiger partial charge in [-0.3, -0.25) is 4.79 Å². The summed E-state index contributed by atoms with van der Waals surface area (Å²) in [5.74, 6) is 1.50. The van der Waals surface area contributed by atoms with Gasteiger partial charge < -0.3 is 10.1 Å². The summed E-state index contributed by atoms with van der Waals surface area (Å²) in [5, 5.41) is 3.18. The summed E-state index contributed by atoms with van der Waals surface area (Å²) in [6.07, 6.45) is 2.24. The second kappa shape index (κ2) is 6.21. The molecule has 4 heteroatoms. The Morgan fingerprint density at radius 1 is 1.56 bits per heavy atom. The van der Waals surface area contributed by atoms with Crippen molar-refractivity contribution in [3.05, 3.63) is 29.3 Å². The van der Waals surface area contributed by atoms with Gasteiger partial charge in [0.1, 0.15) is 5.75 Å². The standard InChI is InChI=1S/C14H18ClNO2/c1-18-13-5-4-10-2-3-11(14(10)6-13)8-16-9-12(17)7-15/h4-6,11,16H,2-3,7-9H2,1H3. The number of Topliss-reactive ketones (excluding diaryl/α,β-unsaturated/α-hetero) is 1. The zero-order chi connectivity index (χ0) is 13.0. The van der Waals surface area contributed by atoms with E-state index in [1.807, 2.05) is 6.07 Å². The van der Waals surface area contributed by atoms with E-state index in [4.69, 9.17) is 16.3 Å². The summed E-state index contributed by atoms with van der Waals surface area (Å²) < 4.78 is 5.26. The minimum atomic E-state index is 0.0422. The lowest BCUT2D eigenvalue weighted by atomic mass is 10.0. The first-order chi connectivity index (χ1) is 8.74. The molecule has 0 spiro atoms. The molecule has 1 aliphatic rings. The summed E-state index contributed by atoms with van der Waals surface area (Å²) in [7, 11) is 1.68. The molecule has 1 aromatic rings. The van der Waals surface area contributed by atoms with E-state index < -0.39 is 0 Å². The fourth-order valence-corrected chi connectivity index (χ4v) is 2.53. The van der Waals surface area contributed by atoms with Gasteiger partial charge in [0.2, 0.25) is 0 Å². The predicted octanol–water partition coefficient (Wildman–Crippen LogP) is 2.12.